The number of rotatable bonds is 6. The van der Waals surface area contributed by atoms with Gasteiger partial charge in [0.1, 0.15) is 5.75 Å². The Bertz CT molecular complexity index is 507. The van der Waals surface area contributed by atoms with Crippen LogP contribution in [0.25, 0.3) is 0 Å². The molecule has 0 saturated heterocycles. The maximum absolute atomic E-state index is 5.70. The van der Waals surface area contributed by atoms with Crippen molar-refractivity contribution in [1.29, 1.82) is 0 Å². The third-order valence-electron chi connectivity index (χ3n) is 2.90. The third-order valence-corrected chi connectivity index (χ3v) is 2.90. The minimum atomic E-state index is 0.277. The molecule has 2 aromatic rings. The average Bonchev–Trinajstić information content (AvgIpc) is 2.83. The van der Waals surface area contributed by atoms with Crippen molar-refractivity contribution >= 4 is 0 Å². The first-order valence-electron chi connectivity index (χ1n) is 6.53. The summed E-state index contributed by atoms with van der Waals surface area (Å²) in [6.07, 6.45) is 0.757. The van der Waals surface area contributed by atoms with Crippen LogP contribution in [0.4, 0.5) is 0 Å². The number of aromatic nitrogens is 3. The smallest absolute Gasteiger partial charge is 0.119 e. The van der Waals surface area contributed by atoms with Gasteiger partial charge >= 0.3 is 0 Å². The highest BCUT2D eigenvalue weighted by Gasteiger charge is 2.13. The lowest BCUT2D eigenvalue weighted by Crippen LogP contribution is -2.13. The summed E-state index contributed by atoms with van der Waals surface area (Å²) in [4.78, 5) is 0. The van der Waals surface area contributed by atoms with E-state index in [-0.39, 0.29) is 6.04 Å². The van der Waals surface area contributed by atoms with Crippen molar-refractivity contribution in [3.8, 4) is 5.75 Å². The van der Waals surface area contributed by atoms with E-state index in [0.717, 1.165) is 23.6 Å². The molecule has 0 unspecified atom stereocenters. The molecule has 0 fully saturated rings. The van der Waals surface area contributed by atoms with E-state index in [2.05, 4.69) is 24.2 Å². The van der Waals surface area contributed by atoms with Gasteiger partial charge in [-0.2, -0.15) is 0 Å². The van der Waals surface area contributed by atoms with Gasteiger partial charge in [-0.25, -0.2) is 4.68 Å². The molecule has 2 N–H and O–H groups in total. The fourth-order valence-electron chi connectivity index (χ4n) is 1.96. The maximum atomic E-state index is 5.70. The van der Waals surface area contributed by atoms with Crippen LogP contribution in [0.5, 0.6) is 5.75 Å². The predicted octanol–water partition coefficient (Wildman–Crippen LogP) is 1.94. The molecule has 0 bridgehead atoms. The van der Waals surface area contributed by atoms with Crippen molar-refractivity contribution in [2.45, 2.75) is 32.9 Å². The quantitative estimate of drug-likeness (QED) is 0.862. The minimum Gasteiger partial charge on any atom is -0.493 e. The molecule has 5 nitrogen and oxygen atoms in total. The van der Waals surface area contributed by atoms with Crippen LogP contribution in [0, 0.1) is 0 Å². The molecule has 0 radical (unpaired) electrons. The molecule has 0 saturated carbocycles. The van der Waals surface area contributed by atoms with Gasteiger partial charge in [-0.05, 0) is 26.0 Å². The van der Waals surface area contributed by atoms with Crippen LogP contribution in [0.2, 0.25) is 0 Å². The van der Waals surface area contributed by atoms with Crippen LogP contribution in [0.3, 0.4) is 0 Å². The Hall–Kier alpha value is -1.88. The fourth-order valence-corrected chi connectivity index (χ4v) is 1.96. The molecule has 0 aliphatic rings. The second-order valence-corrected chi connectivity index (χ2v) is 4.64. The van der Waals surface area contributed by atoms with E-state index in [9.17, 15) is 0 Å². The molecular weight excluding hydrogens is 240 g/mol. The van der Waals surface area contributed by atoms with Crippen LogP contribution in [-0.2, 0) is 13.0 Å². The Morgan fingerprint density at radius 1 is 1.26 bits per heavy atom. The zero-order valence-electron chi connectivity index (χ0n) is 11.4. The molecule has 1 aromatic carbocycles. The molecular formula is C14H20N4O. The van der Waals surface area contributed by atoms with Gasteiger partial charge in [-0.1, -0.05) is 23.4 Å². The van der Waals surface area contributed by atoms with Crippen molar-refractivity contribution in [3.63, 3.8) is 0 Å². The van der Waals surface area contributed by atoms with Crippen LogP contribution in [0.1, 0.15) is 31.3 Å². The SMILES string of the molecule is CC(C)n1nnc(CN)c1CCOc1ccccc1. The number of benzene rings is 1. The summed E-state index contributed by atoms with van der Waals surface area (Å²) in [6.45, 7) is 5.16. The van der Waals surface area contributed by atoms with Crippen molar-refractivity contribution < 1.29 is 4.74 Å². The Morgan fingerprint density at radius 2 is 2.00 bits per heavy atom. The largest absolute Gasteiger partial charge is 0.493 e. The normalized spacial score (nSPS) is 10.9. The molecule has 1 heterocycles. The van der Waals surface area contributed by atoms with Gasteiger partial charge in [-0.15, -0.1) is 5.10 Å². The van der Waals surface area contributed by atoms with Gasteiger partial charge in [0.25, 0.3) is 0 Å². The molecule has 0 aliphatic heterocycles. The molecule has 102 valence electrons. The lowest BCUT2D eigenvalue weighted by molar-refractivity contribution is 0.315. The lowest BCUT2D eigenvalue weighted by atomic mass is 10.2. The molecule has 0 spiro atoms. The van der Waals surface area contributed by atoms with E-state index in [1.807, 2.05) is 35.0 Å². The molecule has 0 atom stereocenters. The average molecular weight is 260 g/mol. The summed E-state index contributed by atoms with van der Waals surface area (Å²) >= 11 is 0. The molecule has 19 heavy (non-hydrogen) atoms. The highest BCUT2D eigenvalue weighted by atomic mass is 16.5. The standard InChI is InChI=1S/C14H20N4O/c1-11(2)18-14(13(10-15)16-17-18)8-9-19-12-6-4-3-5-7-12/h3-7,11H,8-10,15H2,1-2H3. The van der Waals surface area contributed by atoms with Gasteiger partial charge in [0, 0.05) is 19.0 Å². The maximum Gasteiger partial charge on any atom is 0.119 e. The Kier molecular flexibility index (Phi) is 4.52. The first-order valence-corrected chi connectivity index (χ1v) is 6.53. The van der Waals surface area contributed by atoms with Crippen molar-refractivity contribution in [2.75, 3.05) is 6.61 Å². The summed E-state index contributed by atoms with van der Waals surface area (Å²) in [6, 6.07) is 10.1. The zero-order valence-corrected chi connectivity index (χ0v) is 11.4. The number of hydrogen-bond acceptors (Lipinski definition) is 4. The summed E-state index contributed by atoms with van der Waals surface area (Å²) in [5, 5.41) is 8.26. The van der Waals surface area contributed by atoms with Crippen LogP contribution in [0.15, 0.2) is 30.3 Å². The van der Waals surface area contributed by atoms with Gasteiger partial charge in [-0.3, -0.25) is 0 Å². The highest BCUT2D eigenvalue weighted by Crippen LogP contribution is 2.14. The summed E-state index contributed by atoms with van der Waals surface area (Å²) in [5.41, 5.74) is 7.61. The summed E-state index contributed by atoms with van der Waals surface area (Å²) in [5.74, 6) is 0.875. The van der Waals surface area contributed by atoms with E-state index in [4.69, 9.17) is 10.5 Å². The first-order chi connectivity index (χ1) is 9.22. The lowest BCUT2D eigenvalue weighted by Gasteiger charge is -2.11. The van der Waals surface area contributed by atoms with Crippen molar-refractivity contribution in [1.82, 2.24) is 15.0 Å². The Labute approximate surface area is 113 Å². The van der Waals surface area contributed by atoms with E-state index in [1.54, 1.807) is 0 Å². The Morgan fingerprint density at radius 3 is 2.63 bits per heavy atom. The second kappa shape index (κ2) is 6.33. The first kappa shape index (κ1) is 13.5. The van der Waals surface area contributed by atoms with Crippen molar-refractivity contribution in [2.24, 2.45) is 5.73 Å². The monoisotopic (exact) mass is 260 g/mol. The van der Waals surface area contributed by atoms with Crippen molar-refractivity contribution in [3.05, 3.63) is 41.7 Å². The molecule has 2 rings (SSSR count). The summed E-state index contributed by atoms with van der Waals surface area (Å²) in [7, 11) is 0. The van der Waals surface area contributed by atoms with Crippen LogP contribution in [-0.4, -0.2) is 21.6 Å². The number of para-hydroxylation sites is 1. The minimum absolute atomic E-state index is 0.277. The van der Waals surface area contributed by atoms with Gasteiger partial charge in [0.15, 0.2) is 0 Å². The zero-order chi connectivity index (χ0) is 13.7. The number of nitrogens with zero attached hydrogens (tertiary/aromatic N) is 3. The van der Waals surface area contributed by atoms with Gasteiger partial charge < -0.3 is 10.5 Å². The fraction of sp³-hybridized carbons (Fsp3) is 0.429. The predicted molar refractivity (Wildman–Crippen MR) is 73.9 cm³/mol. The Balaban J connectivity index is 2.00. The molecule has 5 heteroatoms. The van der Waals surface area contributed by atoms with E-state index in [1.165, 1.54) is 0 Å². The van der Waals surface area contributed by atoms with E-state index < -0.39 is 0 Å². The van der Waals surface area contributed by atoms with Crippen LogP contribution >= 0.6 is 0 Å². The topological polar surface area (TPSA) is 66.0 Å². The third kappa shape index (κ3) is 3.32. The molecule has 0 amide bonds. The highest BCUT2D eigenvalue weighted by molar-refractivity contribution is 5.21. The number of ether oxygens (including phenoxy) is 1. The van der Waals surface area contributed by atoms with Crippen LogP contribution < -0.4 is 10.5 Å². The molecule has 1 aromatic heterocycles. The second-order valence-electron chi connectivity index (χ2n) is 4.64. The van der Waals surface area contributed by atoms with Gasteiger partial charge in [0.2, 0.25) is 0 Å². The van der Waals surface area contributed by atoms with E-state index in [0.29, 0.717) is 13.2 Å². The number of nitrogens with two attached hydrogens (primary N) is 1. The summed E-state index contributed by atoms with van der Waals surface area (Å²) < 4.78 is 7.62. The number of hydrogen-bond donors (Lipinski definition) is 1. The van der Waals surface area contributed by atoms with Gasteiger partial charge in [0.05, 0.1) is 18.0 Å². The van der Waals surface area contributed by atoms with E-state index >= 15 is 0 Å². The molecule has 0 aliphatic carbocycles.